The summed E-state index contributed by atoms with van der Waals surface area (Å²) in [6.07, 6.45) is 3.61. The molecule has 0 saturated heterocycles. The van der Waals surface area contributed by atoms with Crippen LogP contribution in [0.5, 0.6) is 0 Å². The van der Waals surface area contributed by atoms with Gasteiger partial charge in [-0.15, -0.1) is 5.10 Å². The van der Waals surface area contributed by atoms with Gasteiger partial charge in [-0.3, -0.25) is 9.79 Å². The van der Waals surface area contributed by atoms with Gasteiger partial charge in [0.05, 0.1) is 41.6 Å². The van der Waals surface area contributed by atoms with Gasteiger partial charge in [0.1, 0.15) is 0 Å². The van der Waals surface area contributed by atoms with E-state index >= 15 is 0 Å². The lowest BCUT2D eigenvalue weighted by Gasteiger charge is -2.06. The van der Waals surface area contributed by atoms with Gasteiger partial charge in [-0.25, -0.2) is 4.68 Å². The van der Waals surface area contributed by atoms with Gasteiger partial charge in [0.25, 0.3) is 0 Å². The highest BCUT2D eigenvalue weighted by atomic mass is 79.9. The van der Waals surface area contributed by atoms with Crippen molar-refractivity contribution in [1.29, 1.82) is 0 Å². The predicted molar refractivity (Wildman–Crippen MR) is 94.9 cm³/mol. The molecule has 0 atom stereocenters. The van der Waals surface area contributed by atoms with Crippen molar-refractivity contribution in [1.82, 2.24) is 15.0 Å². The third kappa shape index (κ3) is 2.85. The molecular formula is C17H12BrN5O. The Balaban J connectivity index is 1.79. The average Bonchev–Trinajstić information content (AvgIpc) is 3.05. The van der Waals surface area contributed by atoms with Gasteiger partial charge in [-0.1, -0.05) is 33.3 Å². The largest absolute Gasteiger partial charge is 0.324 e. The first kappa shape index (κ1) is 14.8. The molecule has 7 heteroatoms. The summed E-state index contributed by atoms with van der Waals surface area (Å²) in [5.41, 5.74) is 3.92. The van der Waals surface area contributed by atoms with Crippen molar-refractivity contribution in [2.75, 3.05) is 5.32 Å². The fraction of sp³-hybridized carbons (Fsp3) is 0.0588. The molecule has 1 N–H and O–H groups in total. The van der Waals surface area contributed by atoms with Crippen molar-refractivity contribution in [3.8, 4) is 5.69 Å². The zero-order valence-corrected chi connectivity index (χ0v) is 14.1. The SMILES string of the molecule is O=C1CC(c2cccc(-n3ccnn3)c2)=Nc2ccc(Br)cc2N1. The zero-order chi connectivity index (χ0) is 16.5. The maximum absolute atomic E-state index is 12.2. The number of fused-ring (bicyclic) bond motifs is 1. The first-order chi connectivity index (χ1) is 11.7. The highest BCUT2D eigenvalue weighted by Gasteiger charge is 2.17. The zero-order valence-electron chi connectivity index (χ0n) is 12.5. The highest BCUT2D eigenvalue weighted by molar-refractivity contribution is 9.10. The molecule has 118 valence electrons. The summed E-state index contributed by atoms with van der Waals surface area (Å²) >= 11 is 3.41. The molecule has 24 heavy (non-hydrogen) atoms. The minimum absolute atomic E-state index is 0.0863. The van der Waals surface area contributed by atoms with E-state index < -0.39 is 0 Å². The van der Waals surface area contributed by atoms with Crippen molar-refractivity contribution >= 4 is 38.9 Å². The predicted octanol–water partition coefficient (Wildman–Crippen LogP) is 3.49. The molecule has 0 unspecified atom stereocenters. The quantitative estimate of drug-likeness (QED) is 0.738. The standard InChI is InChI=1S/C17H12BrN5O/c18-12-4-5-14-16(9-12)21-17(24)10-15(20-14)11-2-1-3-13(8-11)23-7-6-19-22-23/h1-9H,10H2,(H,21,24). The van der Waals surface area contributed by atoms with E-state index in [1.165, 1.54) is 0 Å². The molecule has 2 heterocycles. The van der Waals surface area contributed by atoms with E-state index in [4.69, 9.17) is 4.99 Å². The number of rotatable bonds is 2. The lowest BCUT2D eigenvalue weighted by molar-refractivity contribution is -0.115. The highest BCUT2D eigenvalue weighted by Crippen LogP contribution is 2.31. The molecule has 0 spiro atoms. The van der Waals surface area contributed by atoms with Crippen molar-refractivity contribution in [2.45, 2.75) is 6.42 Å². The van der Waals surface area contributed by atoms with Gasteiger partial charge in [0.2, 0.25) is 5.91 Å². The van der Waals surface area contributed by atoms with E-state index in [-0.39, 0.29) is 12.3 Å². The van der Waals surface area contributed by atoms with Crippen molar-refractivity contribution in [3.63, 3.8) is 0 Å². The molecule has 6 nitrogen and oxygen atoms in total. The van der Waals surface area contributed by atoms with Crippen LogP contribution in [0.3, 0.4) is 0 Å². The molecule has 1 aromatic heterocycles. The minimum atomic E-state index is -0.0863. The molecule has 1 aliphatic heterocycles. The third-order valence-corrected chi connectivity index (χ3v) is 4.18. The topological polar surface area (TPSA) is 72.2 Å². The van der Waals surface area contributed by atoms with Crippen LogP contribution in [0.4, 0.5) is 11.4 Å². The number of nitrogens with one attached hydrogen (secondary N) is 1. The Morgan fingerprint density at radius 1 is 1.17 bits per heavy atom. The number of hydrogen-bond donors (Lipinski definition) is 1. The lowest BCUT2D eigenvalue weighted by atomic mass is 10.1. The number of nitrogens with zero attached hydrogens (tertiary/aromatic N) is 4. The molecule has 0 aliphatic carbocycles. The number of amides is 1. The van der Waals surface area contributed by atoms with E-state index in [1.54, 1.807) is 17.1 Å². The van der Waals surface area contributed by atoms with Crippen LogP contribution < -0.4 is 5.32 Å². The lowest BCUT2D eigenvalue weighted by Crippen LogP contribution is -2.15. The fourth-order valence-electron chi connectivity index (χ4n) is 2.58. The first-order valence-electron chi connectivity index (χ1n) is 7.33. The van der Waals surface area contributed by atoms with Crippen molar-refractivity contribution < 1.29 is 4.79 Å². The minimum Gasteiger partial charge on any atom is -0.324 e. The van der Waals surface area contributed by atoms with Gasteiger partial charge >= 0.3 is 0 Å². The van der Waals surface area contributed by atoms with Crippen LogP contribution in [0.15, 0.2) is 64.3 Å². The summed E-state index contributed by atoms with van der Waals surface area (Å²) in [7, 11) is 0. The molecule has 1 amide bonds. The van der Waals surface area contributed by atoms with Crippen LogP contribution in [-0.2, 0) is 4.79 Å². The van der Waals surface area contributed by atoms with E-state index in [0.29, 0.717) is 5.69 Å². The van der Waals surface area contributed by atoms with Gasteiger partial charge in [0.15, 0.2) is 0 Å². The number of carbonyl (C=O) groups is 1. The molecule has 0 radical (unpaired) electrons. The fourth-order valence-corrected chi connectivity index (χ4v) is 2.94. The van der Waals surface area contributed by atoms with Crippen LogP contribution in [0.25, 0.3) is 5.69 Å². The van der Waals surface area contributed by atoms with Gasteiger partial charge in [-0.2, -0.15) is 0 Å². The molecule has 4 rings (SSSR count). The van der Waals surface area contributed by atoms with Crippen molar-refractivity contribution in [3.05, 3.63) is 64.9 Å². The molecule has 0 saturated carbocycles. The number of hydrogen-bond acceptors (Lipinski definition) is 4. The third-order valence-electron chi connectivity index (χ3n) is 3.68. The summed E-state index contributed by atoms with van der Waals surface area (Å²) in [6, 6.07) is 13.4. The summed E-state index contributed by atoms with van der Waals surface area (Å²) in [6.45, 7) is 0. The van der Waals surface area contributed by atoms with Crippen LogP contribution in [0.2, 0.25) is 0 Å². The Labute approximate surface area is 146 Å². The van der Waals surface area contributed by atoms with Crippen LogP contribution in [0, 0.1) is 0 Å². The number of anilines is 1. The summed E-state index contributed by atoms with van der Waals surface area (Å²) in [4.78, 5) is 16.9. The monoisotopic (exact) mass is 381 g/mol. The van der Waals surface area contributed by atoms with E-state index in [1.807, 2.05) is 42.5 Å². The molecule has 1 aliphatic rings. The maximum atomic E-state index is 12.2. The van der Waals surface area contributed by atoms with Crippen LogP contribution >= 0.6 is 15.9 Å². The Hall–Kier alpha value is -2.80. The van der Waals surface area contributed by atoms with Gasteiger partial charge in [-0.05, 0) is 35.9 Å². The van der Waals surface area contributed by atoms with Gasteiger partial charge in [0, 0.05) is 4.47 Å². The number of halogens is 1. The second kappa shape index (κ2) is 6.01. The Bertz CT molecular complexity index is 949. The first-order valence-corrected chi connectivity index (χ1v) is 8.12. The maximum Gasteiger partial charge on any atom is 0.230 e. The Morgan fingerprint density at radius 3 is 2.92 bits per heavy atom. The number of aliphatic imine (C=N–C) groups is 1. The molecule has 0 fully saturated rings. The molecule has 2 aromatic carbocycles. The second-order valence-electron chi connectivity index (χ2n) is 5.34. The summed E-state index contributed by atoms with van der Waals surface area (Å²) in [5.74, 6) is -0.0863. The Kier molecular flexibility index (Phi) is 3.70. The van der Waals surface area contributed by atoms with Gasteiger partial charge < -0.3 is 5.32 Å². The van der Waals surface area contributed by atoms with Crippen molar-refractivity contribution in [2.24, 2.45) is 4.99 Å². The molecule has 3 aromatic rings. The number of carbonyl (C=O) groups excluding carboxylic acids is 1. The molecule has 0 bridgehead atoms. The van der Waals surface area contributed by atoms with Crippen LogP contribution in [0.1, 0.15) is 12.0 Å². The van der Waals surface area contributed by atoms with E-state index in [2.05, 4.69) is 31.6 Å². The molecular weight excluding hydrogens is 370 g/mol. The Morgan fingerprint density at radius 2 is 2.08 bits per heavy atom. The summed E-state index contributed by atoms with van der Waals surface area (Å²) in [5, 5.41) is 10.7. The van der Waals surface area contributed by atoms with E-state index in [0.717, 1.165) is 27.1 Å². The van der Waals surface area contributed by atoms with E-state index in [9.17, 15) is 4.79 Å². The van der Waals surface area contributed by atoms with Crippen LogP contribution in [-0.4, -0.2) is 26.6 Å². The number of aromatic nitrogens is 3. The smallest absolute Gasteiger partial charge is 0.230 e. The average molecular weight is 382 g/mol. The second-order valence-corrected chi connectivity index (χ2v) is 6.26. The summed E-state index contributed by atoms with van der Waals surface area (Å²) < 4.78 is 2.57. The normalized spacial score (nSPS) is 13.7. The number of benzene rings is 2.